The van der Waals surface area contributed by atoms with Gasteiger partial charge in [-0.05, 0) is 24.3 Å². The molecule has 0 saturated carbocycles. The number of anilines is 1. The van der Waals surface area contributed by atoms with E-state index in [0.717, 1.165) is 0 Å². The zero-order valence-corrected chi connectivity index (χ0v) is 11.3. The van der Waals surface area contributed by atoms with Crippen molar-refractivity contribution < 1.29 is 14.3 Å². The van der Waals surface area contributed by atoms with Crippen LogP contribution in [0.25, 0.3) is 0 Å². The molecule has 0 aromatic heterocycles. The lowest BCUT2D eigenvalue weighted by molar-refractivity contribution is 0.102. The van der Waals surface area contributed by atoms with E-state index in [4.69, 9.17) is 0 Å². The zero-order chi connectivity index (χ0) is 13.9. The molecular formula is C14H14NO3P. The highest BCUT2D eigenvalue weighted by Gasteiger charge is 2.21. The molecule has 2 aromatic rings. The number of rotatable bonds is 3. The lowest BCUT2D eigenvalue weighted by atomic mass is 10.2. The molecule has 2 rings (SSSR count). The van der Waals surface area contributed by atoms with Crippen molar-refractivity contribution in [2.45, 2.75) is 0 Å². The van der Waals surface area contributed by atoms with Crippen LogP contribution in [0.15, 0.2) is 54.6 Å². The predicted molar refractivity (Wildman–Crippen MR) is 76.2 cm³/mol. The topological polar surface area (TPSA) is 66.4 Å². The maximum Gasteiger partial charge on any atom is 0.256 e. The molecule has 1 atom stereocenters. The maximum absolute atomic E-state index is 12.1. The third-order valence-corrected chi connectivity index (χ3v) is 3.91. The van der Waals surface area contributed by atoms with E-state index in [1.807, 2.05) is 6.07 Å². The van der Waals surface area contributed by atoms with Crippen LogP contribution in [0.4, 0.5) is 5.69 Å². The molecule has 0 aliphatic rings. The number of benzene rings is 2. The Balaban J connectivity index is 2.33. The largest absolute Gasteiger partial charge is 0.341 e. The Labute approximate surface area is 111 Å². The monoisotopic (exact) mass is 275 g/mol. The Morgan fingerprint density at radius 1 is 1.05 bits per heavy atom. The Morgan fingerprint density at radius 2 is 1.63 bits per heavy atom. The molecule has 19 heavy (non-hydrogen) atoms. The van der Waals surface area contributed by atoms with Crippen LogP contribution < -0.4 is 10.6 Å². The van der Waals surface area contributed by atoms with Crippen LogP contribution in [0.3, 0.4) is 0 Å². The van der Waals surface area contributed by atoms with Gasteiger partial charge in [-0.1, -0.05) is 30.3 Å². The van der Waals surface area contributed by atoms with E-state index in [1.54, 1.807) is 42.5 Å². The zero-order valence-electron chi connectivity index (χ0n) is 10.4. The summed E-state index contributed by atoms with van der Waals surface area (Å²) >= 11 is 0. The number of hydrogen-bond donors (Lipinski definition) is 2. The van der Waals surface area contributed by atoms with Crippen LogP contribution in [-0.4, -0.2) is 17.5 Å². The van der Waals surface area contributed by atoms with Gasteiger partial charge >= 0.3 is 0 Å². The number of para-hydroxylation sites is 1. The number of carbonyl (C=O) groups excluding carboxylic acids is 1. The average Bonchev–Trinajstić information content (AvgIpc) is 2.39. The summed E-state index contributed by atoms with van der Waals surface area (Å²) in [6.07, 6.45) is 0. The Morgan fingerprint density at radius 3 is 2.26 bits per heavy atom. The molecule has 0 bridgehead atoms. The van der Waals surface area contributed by atoms with Gasteiger partial charge in [0.05, 0.1) is 5.56 Å². The molecule has 0 aliphatic carbocycles. The average molecular weight is 275 g/mol. The van der Waals surface area contributed by atoms with Crippen molar-refractivity contribution in [1.29, 1.82) is 0 Å². The van der Waals surface area contributed by atoms with Gasteiger partial charge in [-0.3, -0.25) is 9.36 Å². The summed E-state index contributed by atoms with van der Waals surface area (Å²) in [5, 5.41) is 2.87. The van der Waals surface area contributed by atoms with Crippen LogP contribution in [0, 0.1) is 0 Å². The van der Waals surface area contributed by atoms with E-state index in [1.165, 1.54) is 12.7 Å². The van der Waals surface area contributed by atoms with Crippen molar-refractivity contribution >= 4 is 24.3 Å². The van der Waals surface area contributed by atoms with Gasteiger partial charge in [-0.25, -0.2) is 0 Å². The minimum atomic E-state index is -3.48. The molecule has 0 heterocycles. The number of carbonyl (C=O) groups is 1. The van der Waals surface area contributed by atoms with Crippen LogP contribution in [0.2, 0.25) is 0 Å². The molecule has 1 amide bonds. The molecule has 0 aliphatic heterocycles. The molecule has 2 N–H and O–H groups in total. The second-order valence-electron chi connectivity index (χ2n) is 4.22. The predicted octanol–water partition coefficient (Wildman–Crippen LogP) is 2.46. The van der Waals surface area contributed by atoms with Crippen molar-refractivity contribution in [2.75, 3.05) is 12.0 Å². The molecular weight excluding hydrogens is 261 g/mol. The molecule has 5 heteroatoms. The molecule has 2 aromatic carbocycles. The normalized spacial score (nSPS) is 13.6. The highest BCUT2D eigenvalue weighted by molar-refractivity contribution is 7.65. The van der Waals surface area contributed by atoms with Crippen LogP contribution in [0.1, 0.15) is 10.4 Å². The first-order chi connectivity index (χ1) is 8.98. The molecule has 4 nitrogen and oxygen atoms in total. The lowest BCUT2D eigenvalue weighted by Crippen LogP contribution is -2.21. The number of amides is 1. The van der Waals surface area contributed by atoms with Crippen molar-refractivity contribution in [2.24, 2.45) is 0 Å². The Kier molecular flexibility index (Phi) is 3.84. The van der Waals surface area contributed by atoms with E-state index >= 15 is 0 Å². The summed E-state index contributed by atoms with van der Waals surface area (Å²) in [6.45, 7) is 1.22. The molecule has 98 valence electrons. The van der Waals surface area contributed by atoms with Crippen molar-refractivity contribution in [3.8, 4) is 0 Å². The van der Waals surface area contributed by atoms with Crippen LogP contribution >= 0.6 is 7.37 Å². The van der Waals surface area contributed by atoms with Crippen molar-refractivity contribution in [1.82, 2.24) is 0 Å². The highest BCUT2D eigenvalue weighted by Crippen LogP contribution is 2.35. The van der Waals surface area contributed by atoms with Gasteiger partial charge in [-0.2, -0.15) is 0 Å². The lowest BCUT2D eigenvalue weighted by Gasteiger charge is -2.12. The molecule has 0 spiro atoms. The summed E-state index contributed by atoms with van der Waals surface area (Å²) < 4.78 is 11.8. The van der Waals surface area contributed by atoms with E-state index in [-0.39, 0.29) is 10.9 Å². The summed E-state index contributed by atoms with van der Waals surface area (Å²) in [5.74, 6) is -0.391. The van der Waals surface area contributed by atoms with E-state index < -0.39 is 13.3 Å². The molecule has 1 unspecified atom stereocenters. The fraction of sp³-hybridized carbons (Fsp3) is 0.0714. The standard InChI is InChI=1S/C14H14NO3P/c1-19(17,18)13-10-6-5-9-12(13)14(16)15-11-7-3-2-4-8-11/h2-10H,1H3,(H,15,16)(H,17,18). The van der Waals surface area contributed by atoms with Gasteiger partial charge in [-0.15, -0.1) is 0 Å². The fourth-order valence-corrected chi connectivity index (χ4v) is 2.73. The maximum atomic E-state index is 12.1. The summed E-state index contributed by atoms with van der Waals surface area (Å²) in [6, 6.07) is 15.3. The van der Waals surface area contributed by atoms with Gasteiger partial charge in [0.1, 0.15) is 0 Å². The van der Waals surface area contributed by atoms with E-state index in [2.05, 4.69) is 5.32 Å². The minimum absolute atomic E-state index is 0.170. The first-order valence-corrected chi connectivity index (χ1v) is 7.85. The third kappa shape index (κ3) is 3.31. The summed E-state index contributed by atoms with van der Waals surface area (Å²) in [7, 11) is -3.48. The Bertz CT molecular complexity index is 634. The van der Waals surface area contributed by atoms with Gasteiger partial charge in [0, 0.05) is 17.7 Å². The molecule has 0 saturated heterocycles. The van der Waals surface area contributed by atoms with Gasteiger partial charge in [0.2, 0.25) is 7.37 Å². The first kappa shape index (κ1) is 13.5. The molecule has 0 fully saturated rings. The third-order valence-electron chi connectivity index (χ3n) is 2.63. The second kappa shape index (κ2) is 5.39. The second-order valence-corrected chi connectivity index (χ2v) is 6.46. The quantitative estimate of drug-likeness (QED) is 0.846. The highest BCUT2D eigenvalue weighted by atomic mass is 31.2. The van der Waals surface area contributed by atoms with Crippen molar-refractivity contribution in [3.63, 3.8) is 0 Å². The summed E-state index contributed by atoms with van der Waals surface area (Å²) in [5.41, 5.74) is 0.867. The fourth-order valence-electron chi connectivity index (χ4n) is 1.75. The summed E-state index contributed by atoms with van der Waals surface area (Å²) in [4.78, 5) is 21.8. The van der Waals surface area contributed by atoms with Gasteiger partial charge < -0.3 is 10.2 Å². The smallest absolute Gasteiger partial charge is 0.256 e. The minimum Gasteiger partial charge on any atom is -0.341 e. The van der Waals surface area contributed by atoms with E-state index in [9.17, 15) is 14.3 Å². The first-order valence-electron chi connectivity index (χ1n) is 5.75. The van der Waals surface area contributed by atoms with Crippen LogP contribution in [0.5, 0.6) is 0 Å². The SMILES string of the molecule is CP(=O)(O)c1ccccc1C(=O)Nc1ccccc1. The van der Waals surface area contributed by atoms with Gasteiger partial charge in [0.25, 0.3) is 5.91 Å². The number of hydrogen-bond acceptors (Lipinski definition) is 2. The van der Waals surface area contributed by atoms with Crippen molar-refractivity contribution in [3.05, 3.63) is 60.2 Å². The Hall–Kier alpha value is -1.90. The van der Waals surface area contributed by atoms with Crippen LogP contribution in [-0.2, 0) is 4.57 Å². The van der Waals surface area contributed by atoms with E-state index in [0.29, 0.717) is 5.69 Å². The number of nitrogens with one attached hydrogen (secondary N) is 1. The van der Waals surface area contributed by atoms with Gasteiger partial charge in [0.15, 0.2) is 0 Å². The molecule has 0 radical (unpaired) electrons.